The number of amides is 1. The Morgan fingerprint density at radius 3 is 2.37 bits per heavy atom. The van der Waals surface area contributed by atoms with Crippen LogP contribution in [-0.4, -0.2) is 27.1 Å². The molecule has 7 heteroatoms. The zero-order chi connectivity index (χ0) is 24.8. The lowest BCUT2D eigenvalue weighted by molar-refractivity contribution is -0.120. The van der Waals surface area contributed by atoms with Crippen LogP contribution in [0.2, 0.25) is 0 Å². The van der Waals surface area contributed by atoms with E-state index in [1.54, 1.807) is 36.4 Å². The Bertz CT molecular complexity index is 1280. The first-order valence-electron chi connectivity index (χ1n) is 12.1. The number of para-hydroxylation sites is 3. The number of anilines is 1. The highest BCUT2D eigenvalue weighted by molar-refractivity contribution is 7.92. The first-order chi connectivity index (χ1) is 16.8. The van der Waals surface area contributed by atoms with Gasteiger partial charge in [-0.1, -0.05) is 55.5 Å². The zero-order valence-electron chi connectivity index (χ0n) is 20.2. The summed E-state index contributed by atoms with van der Waals surface area (Å²) in [6, 6.07) is 22.2. The Hall–Kier alpha value is -3.32. The van der Waals surface area contributed by atoms with Crippen molar-refractivity contribution in [1.82, 2.24) is 5.32 Å². The van der Waals surface area contributed by atoms with Gasteiger partial charge in [0.05, 0.1) is 18.0 Å². The Morgan fingerprint density at radius 2 is 1.66 bits per heavy atom. The maximum atomic E-state index is 13.1. The number of nitrogens with one attached hydrogen (secondary N) is 1. The maximum absolute atomic E-state index is 13.1. The predicted octanol–water partition coefficient (Wildman–Crippen LogP) is 5.39. The van der Waals surface area contributed by atoms with Crippen molar-refractivity contribution in [3.63, 3.8) is 0 Å². The van der Waals surface area contributed by atoms with Crippen LogP contribution in [0.5, 0.6) is 11.5 Å². The fourth-order valence-corrected chi connectivity index (χ4v) is 5.37. The Morgan fingerprint density at radius 1 is 0.971 bits per heavy atom. The number of rotatable bonds is 9. The van der Waals surface area contributed by atoms with E-state index >= 15 is 0 Å². The van der Waals surface area contributed by atoms with Gasteiger partial charge >= 0.3 is 0 Å². The topological polar surface area (TPSA) is 75.7 Å². The highest BCUT2D eigenvalue weighted by Crippen LogP contribution is 2.33. The molecule has 3 aromatic carbocycles. The highest BCUT2D eigenvalue weighted by atomic mass is 32.2. The van der Waals surface area contributed by atoms with Crippen molar-refractivity contribution >= 4 is 21.6 Å². The lowest BCUT2D eigenvalue weighted by Crippen LogP contribution is -2.41. The van der Waals surface area contributed by atoms with Crippen LogP contribution in [0.1, 0.15) is 48.9 Å². The Kier molecular flexibility index (Phi) is 7.76. The monoisotopic (exact) mass is 492 g/mol. The van der Waals surface area contributed by atoms with Gasteiger partial charge < -0.3 is 10.1 Å². The first kappa shape index (κ1) is 24.8. The number of ether oxygens (including phenoxy) is 1. The van der Waals surface area contributed by atoms with Crippen LogP contribution in [-0.2, 0) is 27.7 Å². The third kappa shape index (κ3) is 6.22. The summed E-state index contributed by atoms with van der Waals surface area (Å²) in [4.78, 5) is 13.1. The fourth-order valence-electron chi connectivity index (χ4n) is 4.51. The molecule has 1 aliphatic carbocycles. The molecule has 35 heavy (non-hydrogen) atoms. The van der Waals surface area contributed by atoms with E-state index in [2.05, 4.69) is 23.5 Å². The van der Waals surface area contributed by atoms with Crippen LogP contribution >= 0.6 is 0 Å². The van der Waals surface area contributed by atoms with Crippen molar-refractivity contribution in [2.75, 3.05) is 17.1 Å². The molecule has 0 aliphatic heterocycles. The van der Waals surface area contributed by atoms with Gasteiger partial charge in [0, 0.05) is 0 Å². The van der Waals surface area contributed by atoms with E-state index in [1.807, 2.05) is 25.1 Å². The van der Waals surface area contributed by atoms with Gasteiger partial charge in [0.15, 0.2) is 5.75 Å². The molecule has 1 unspecified atom stereocenters. The quantitative estimate of drug-likeness (QED) is 0.434. The van der Waals surface area contributed by atoms with Crippen molar-refractivity contribution in [2.45, 2.75) is 45.1 Å². The molecule has 0 bridgehead atoms. The van der Waals surface area contributed by atoms with Crippen molar-refractivity contribution in [3.05, 3.63) is 89.5 Å². The van der Waals surface area contributed by atoms with Gasteiger partial charge in [-0.05, 0) is 73.1 Å². The fraction of sp³-hybridized carbons (Fsp3) is 0.321. The van der Waals surface area contributed by atoms with Gasteiger partial charge in [0.2, 0.25) is 15.9 Å². The molecule has 4 rings (SSSR count). The summed E-state index contributed by atoms with van der Waals surface area (Å²) in [5, 5.41) is 3.05. The number of fused-ring (bicyclic) bond motifs is 1. The molecule has 184 valence electrons. The second kappa shape index (κ2) is 11.0. The molecule has 0 heterocycles. The molecule has 1 atom stereocenters. The van der Waals surface area contributed by atoms with E-state index in [1.165, 1.54) is 24.0 Å². The summed E-state index contributed by atoms with van der Waals surface area (Å²) in [5.41, 5.74) is 4.11. The van der Waals surface area contributed by atoms with E-state index in [0.717, 1.165) is 29.0 Å². The molecule has 1 aliphatic rings. The number of sulfonamides is 1. The minimum Gasteiger partial charge on any atom is -0.455 e. The lowest BCUT2D eigenvalue weighted by atomic mass is 9.89. The van der Waals surface area contributed by atoms with Gasteiger partial charge in [0.1, 0.15) is 12.3 Å². The van der Waals surface area contributed by atoms with Crippen LogP contribution in [0.3, 0.4) is 0 Å². The average molecular weight is 493 g/mol. The number of hydrogen-bond acceptors (Lipinski definition) is 4. The lowest BCUT2D eigenvalue weighted by Gasteiger charge is -2.26. The molecule has 0 saturated carbocycles. The number of carbonyl (C=O) groups is 1. The van der Waals surface area contributed by atoms with E-state index in [4.69, 9.17) is 4.74 Å². The van der Waals surface area contributed by atoms with Crippen molar-refractivity contribution in [2.24, 2.45) is 0 Å². The van der Waals surface area contributed by atoms with E-state index in [-0.39, 0.29) is 18.5 Å². The molecule has 0 aromatic heterocycles. The second-order valence-corrected chi connectivity index (χ2v) is 10.8. The van der Waals surface area contributed by atoms with Crippen molar-refractivity contribution < 1.29 is 17.9 Å². The molecule has 0 radical (unpaired) electrons. The van der Waals surface area contributed by atoms with Crippen LogP contribution in [0.4, 0.5) is 5.69 Å². The molecular formula is C28H32N2O4S. The third-order valence-corrected chi connectivity index (χ3v) is 7.44. The Labute approximate surface area is 208 Å². The molecule has 1 amide bonds. The van der Waals surface area contributed by atoms with E-state index < -0.39 is 10.0 Å². The number of carbonyl (C=O) groups excluding carboxylic acids is 1. The van der Waals surface area contributed by atoms with Gasteiger partial charge in [-0.3, -0.25) is 9.10 Å². The highest BCUT2D eigenvalue weighted by Gasteiger charge is 2.25. The summed E-state index contributed by atoms with van der Waals surface area (Å²) in [5.74, 6) is 0.574. The van der Waals surface area contributed by atoms with Crippen LogP contribution in [0, 0.1) is 0 Å². The van der Waals surface area contributed by atoms with Gasteiger partial charge in [-0.2, -0.15) is 0 Å². The number of aryl methyl sites for hydroxylation is 2. The van der Waals surface area contributed by atoms with Crippen LogP contribution in [0.25, 0.3) is 0 Å². The van der Waals surface area contributed by atoms with E-state index in [9.17, 15) is 13.2 Å². The van der Waals surface area contributed by atoms with Gasteiger partial charge in [-0.25, -0.2) is 8.42 Å². The van der Waals surface area contributed by atoms with Crippen molar-refractivity contribution in [1.29, 1.82) is 0 Å². The molecule has 6 nitrogen and oxygen atoms in total. The van der Waals surface area contributed by atoms with Crippen LogP contribution in [0.15, 0.2) is 72.8 Å². The maximum Gasteiger partial charge on any atom is 0.241 e. The molecule has 0 spiro atoms. The molecule has 1 N–H and O–H groups in total. The summed E-state index contributed by atoms with van der Waals surface area (Å²) in [6.45, 7) is 1.68. The first-order valence-corrected chi connectivity index (χ1v) is 13.9. The largest absolute Gasteiger partial charge is 0.455 e. The van der Waals surface area contributed by atoms with Gasteiger partial charge in [0.25, 0.3) is 0 Å². The molecule has 0 saturated heterocycles. The minimum absolute atomic E-state index is 0.188. The number of nitrogens with zero attached hydrogens (tertiary/aromatic N) is 1. The molecular weight excluding hydrogens is 460 g/mol. The third-order valence-electron chi connectivity index (χ3n) is 6.31. The Balaban J connectivity index is 1.54. The molecule has 3 aromatic rings. The van der Waals surface area contributed by atoms with E-state index in [0.29, 0.717) is 23.6 Å². The summed E-state index contributed by atoms with van der Waals surface area (Å²) < 4.78 is 32.5. The SMILES string of the molecule is CCC(NC(=O)CN(c1ccccc1Oc1ccccc1)S(C)(=O)=O)c1ccc2c(c1)CCCC2. The zero-order valence-corrected chi connectivity index (χ0v) is 21.1. The second-order valence-electron chi connectivity index (χ2n) is 8.92. The van der Waals surface area contributed by atoms with Gasteiger partial charge in [-0.15, -0.1) is 0 Å². The standard InChI is InChI=1S/C28H32N2O4S/c1-3-25(23-18-17-21-11-7-8-12-22(21)19-23)29-28(31)20-30(35(2,32)33)26-15-9-10-16-27(26)34-24-13-5-4-6-14-24/h4-6,9-10,13-19,25H,3,7-8,11-12,20H2,1-2H3,(H,29,31). The average Bonchev–Trinajstić information content (AvgIpc) is 2.86. The summed E-state index contributed by atoms with van der Waals surface area (Å²) in [6.07, 6.45) is 6.38. The smallest absolute Gasteiger partial charge is 0.241 e. The number of benzene rings is 3. The minimum atomic E-state index is -3.75. The predicted molar refractivity (Wildman–Crippen MR) is 139 cm³/mol. The van der Waals surface area contributed by atoms with Crippen LogP contribution < -0.4 is 14.4 Å². The number of hydrogen-bond donors (Lipinski definition) is 1. The normalized spacial score (nSPS) is 14.0. The summed E-state index contributed by atoms with van der Waals surface area (Å²) in [7, 11) is -3.75. The van der Waals surface area contributed by atoms with Crippen molar-refractivity contribution in [3.8, 4) is 11.5 Å². The summed E-state index contributed by atoms with van der Waals surface area (Å²) >= 11 is 0. The molecule has 0 fully saturated rings.